The number of carbonyl (C=O) groups excluding carboxylic acids is 1. The summed E-state index contributed by atoms with van der Waals surface area (Å²) in [6.45, 7) is 0.517. The van der Waals surface area contributed by atoms with Crippen LogP contribution in [0.1, 0.15) is 15.9 Å². The van der Waals surface area contributed by atoms with Crippen molar-refractivity contribution in [2.24, 2.45) is 0 Å². The maximum absolute atomic E-state index is 12.2. The van der Waals surface area contributed by atoms with Crippen LogP contribution in [0.4, 0.5) is 11.5 Å². The lowest BCUT2D eigenvalue weighted by molar-refractivity contribution is 0.102. The Bertz CT molecular complexity index is 599. The van der Waals surface area contributed by atoms with Gasteiger partial charge in [-0.1, -0.05) is 12.1 Å². The largest absolute Gasteiger partial charge is 0.380 e. The zero-order valence-corrected chi connectivity index (χ0v) is 11.5. The third kappa shape index (κ3) is 3.55. The Kier molecular flexibility index (Phi) is 4.68. The summed E-state index contributed by atoms with van der Waals surface area (Å²) in [4.78, 5) is 16.2. The van der Waals surface area contributed by atoms with E-state index in [4.69, 9.17) is 4.74 Å². The second kappa shape index (κ2) is 6.68. The van der Waals surface area contributed by atoms with Gasteiger partial charge in [-0.05, 0) is 29.8 Å². The predicted molar refractivity (Wildman–Crippen MR) is 78.9 cm³/mol. The van der Waals surface area contributed by atoms with Crippen molar-refractivity contribution in [3.05, 3.63) is 53.7 Å². The van der Waals surface area contributed by atoms with Crippen LogP contribution in [-0.4, -0.2) is 25.0 Å². The lowest BCUT2D eigenvalue weighted by atomic mass is 10.2. The monoisotopic (exact) mass is 271 g/mol. The number of hydrogen-bond acceptors (Lipinski definition) is 4. The predicted octanol–water partition coefficient (Wildman–Crippen LogP) is 2.52. The first-order chi connectivity index (χ1) is 9.72. The van der Waals surface area contributed by atoms with Gasteiger partial charge in [0, 0.05) is 31.6 Å². The van der Waals surface area contributed by atoms with E-state index in [0.29, 0.717) is 18.0 Å². The fourth-order valence-corrected chi connectivity index (χ4v) is 1.82. The highest BCUT2D eigenvalue weighted by molar-refractivity contribution is 6.04. The van der Waals surface area contributed by atoms with Gasteiger partial charge < -0.3 is 15.4 Å². The van der Waals surface area contributed by atoms with Crippen LogP contribution in [0, 0.1) is 0 Å². The number of pyridine rings is 1. The van der Waals surface area contributed by atoms with Crippen molar-refractivity contribution in [2.45, 2.75) is 6.61 Å². The van der Waals surface area contributed by atoms with E-state index in [-0.39, 0.29) is 5.91 Å². The van der Waals surface area contributed by atoms with Crippen LogP contribution in [0.25, 0.3) is 0 Å². The van der Waals surface area contributed by atoms with Crippen LogP contribution in [0.3, 0.4) is 0 Å². The van der Waals surface area contributed by atoms with Crippen molar-refractivity contribution >= 4 is 17.4 Å². The molecular formula is C15H17N3O2. The molecule has 1 aromatic carbocycles. The molecule has 0 aliphatic rings. The van der Waals surface area contributed by atoms with Gasteiger partial charge in [-0.2, -0.15) is 0 Å². The Hall–Kier alpha value is -2.40. The molecule has 0 bridgehead atoms. The molecule has 0 unspecified atom stereocenters. The maximum Gasteiger partial charge on any atom is 0.255 e. The minimum Gasteiger partial charge on any atom is -0.380 e. The molecule has 1 amide bonds. The van der Waals surface area contributed by atoms with Crippen molar-refractivity contribution < 1.29 is 9.53 Å². The second-order valence-corrected chi connectivity index (χ2v) is 4.27. The standard InChI is InChI=1S/C15H17N3O2/c1-16-14-9-12(6-7-17-14)15(19)18-13-5-3-4-11(8-13)10-20-2/h3-9H,10H2,1-2H3,(H,16,17)(H,18,19). The first-order valence-corrected chi connectivity index (χ1v) is 6.26. The van der Waals surface area contributed by atoms with Crippen LogP contribution < -0.4 is 10.6 Å². The minimum absolute atomic E-state index is 0.168. The molecular weight excluding hydrogens is 254 g/mol. The van der Waals surface area contributed by atoms with Gasteiger partial charge in [-0.25, -0.2) is 4.98 Å². The van der Waals surface area contributed by atoms with Crippen molar-refractivity contribution in [1.29, 1.82) is 0 Å². The molecule has 0 aliphatic heterocycles. The van der Waals surface area contributed by atoms with Crippen molar-refractivity contribution in [2.75, 3.05) is 24.8 Å². The third-order valence-electron chi connectivity index (χ3n) is 2.77. The van der Waals surface area contributed by atoms with Crippen molar-refractivity contribution in [3.63, 3.8) is 0 Å². The summed E-state index contributed by atoms with van der Waals surface area (Å²) in [6, 6.07) is 10.9. The molecule has 0 saturated carbocycles. The molecule has 5 heteroatoms. The Morgan fingerprint density at radius 1 is 1.30 bits per heavy atom. The summed E-state index contributed by atoms with van der Waals surface area (Å²) in [5.74, 6) is 0.490. The Morgan fingerprint density at radius 2 is 2.15 bits per heavy atom. The number of benzene rings is 1. The summed E-state index contributed by atoms with van der Waals surface area (Å²) in [5.41, 5.74) is 2.31. The molecule has 1 aromatic heterocycles. The van der Waals surface area contributed by atoms with Crippen LogP contribution in [-0.2, 0) is 11.3 Å². The average molecular weight is 271 g/mol. The normalized spacial score (nSPS) is 10.1. The smallest absolute Gasteiger partial charge is 0.255 e. The van der Waals surface area contributed by atoms with E-state index in [2.05, 4.69) is 15.6 Å². The Labute approximate surface area is 118 Å². The van der Waals surface area contributed by atoms with Gasteiger partial charge in [0.25, 0.3) is 5.91 Å². The van der Waals surface area contributed by atoms with Crippen molar-refractivity contribution in [3.8, 4) is 0 Å². The van der Waals surface area contributed by atoms with E-state index in [0.717, 1.165) is 11.3 Å². The van der Waals surface area contributed by atoms with Gasteiger partial charge in [0.05, 0.1) is 6.61 Å². The molecule has 0 atom stereocenters. The van der Waals surface area contributed by atoms with E-state index in [9.17, 15) is 4.79 Å². The number of anilines is 2. The topological polar surface area (TPSA) is 63.2 Å². The van der Waals surface area contributed by atoms with Crippen molar-refractivity contribution in [1.82, 2.24) is 4.98 Å². The summed E-state index contributed by atoms with van der Waals surface area (Å²) >= 11 is 0. The molecule has 1 heterocycles. The summed E-state index contributed by atoms with van der Waals surface area (Å²) in [7, 11) is 3.40. The highest BCUT2D eigenvalue weighted by Crippen LogP contribution is 2.14. The number of ether oxygens (including phenoxy) is 1. The Balaban J connectivity index is 2.12. The molecule has 0 aliphatic carbocycles. The van der Waals surface area contributed by atoms with Gasteiger partial charge in [0.15, 0.2) is 0 Å². The molecule has 5 nitrogen and oxygen atoms in total. The number of carbonyl (C=O) groups is 1. The van der Waals surface area contributed by atoms with Gasteiger partial charge in [0.1, 0.15) is 5.82 Å². The molecule has 0 saturated heterocycles. The minimum atomic E-state index is -0.168. The number of aromatic nitrogens is 1. The first-order valence-electron chi connectivity index (χ1n) is 6.26. The van der Waals surface area contributed by atoms with Crippen LogP contribution in [0.2, 0.25) is 0 Å². The number of rotatable bonds is 5. The fraction of sp³-hybridized carbons (Fsp3) is 0.200. The highest BCUT2D eigenvalue weighted by atomic mass is 16.5. The zero-order valence-electron chi connectivity index (χ0n) is 11.5. The quantitative estimate of drug-likeness (QED) is 0.877. The van der Waals surface area contributed by atoms with Gasteiger partial charge in [0.2, 0.25) is 0 Å². The lowest BCUT2D eigenvalue weighted by Crippen LogP contribution is -2.12. The second-order valence-electron chi connectivity index (χ2n) is 4.27. The summed E-state index contributed by atoms with van der Waals surface area (Å²) in [6.07, 6.45) is 1.60. The molecule has 2 rings (SSSR count). The summed E-state index contributed by atoms with van der Waals surface area (Å²) < 4.78 is 5.07. The van der Waals surface area contributed by atoms with Gasteiger partial charge in [-0.15, -0.1) is 0 Å². The van der Waals surface area contributed by atoms with Crippen LogP contribution in [0.5, 0.6) is 0 Å². The zero-order chi connectivity index (χ0) is 14.4. The molecule has 20 heavy (non-hydrogen) atoms. The van der Waals surface area contributed by atoms with Crippen LogP contribution in [0.15, 0.2) is 42.6 Å². The van der Waals surface area contributed by atoms with Gasteiger partial charge in [-0.3, -0.25) is 4.79 Å². The van der Waals surface area contributed by atoms with E-state index < -0.39 is 0 Å². The highest BCUT2D eigenvalue weighted by Gasteiger charge is 2.07. The molecule has 2 aromatic rings. The number of nitrogens with one attached hydrogen (secondary N) is 2. The van der Waals surface area contributed by atoms with Crippen LogP contribution >= 0.6 is 0 Å². The SMILES string of the molecule is CNc1cc(C(=O)Nc2cccc(COC)c2)ccn1. The lowest BCUT2D eigenvalue weighted by Gasteiger charge is -2.08. The van der Waals surface area contributed by atoms with E-state index in [1.807, 2.05) is 24.3 Å². The maximum atomic E-state index is 12.2. The first kappa shape index (κ1) is 14.0. The molecule has 0 fully saturated rings. The number of nitrogens with zero attached hydrogens (tertiary/aromatic N) is 1. The van der Waals surface area contributed by atoms with E-state index in [1.165, 1.54) is 0 Å². The molecule has 104 valence electrons. The summed E-state index contributed by atoms with van der Waals surface area (Å²) in [5, 5.41) is 5.76. The Morgan fingerprint density at radius 3 is 2.90 bits per heavy atom. The third-order valence-corrected chi connectivity index (χ3v) is 2.77. The molecule has 0 spiro atoms. The fourth-order valence-electron chi connectivity index (χ4n) is 1.82. The van der Waals surface area contributed by atoms with E-state index >= 15 is 0 Å². The number of hydrogen-bond donors (Lipinski definition) is 2. The average Bonchev–Trinajstić information content (AvgIpc) is 2.48. The molecule has 0 radical (unpaired) electrons. The van der Waals surface area contributed by atoms with Gasteiger partial charge >= 0.3 is 0 Å². The number of methoxy groups -OCH3 is 1. The molecule has 2 N–H and O–H groups in total. The van der Waals surface area contributed by atoms with E-state index in [1.54, 1.807) is 32.5 Å². The number of amides is 1.